The number of ether oxygens (including phenoxy) is 2. The van der Waals surface area contributed by atoms with E-state index in [9.17, 15) is 22.8 Å². The minimum Gasteiger partial charge on any atom is -0.453 e. The molecular formula is C26H29F3N2O4. The van der Waals surface area contributed by atoms with Crippen LogP contribution in [0.25, 0.3) is 0 Å². The molecular weight excluding hydrogens is 461 g/mol. The summed E-state index contributed by atoms with van der Waals surface area (Å²) in [7, 11) is 1.27. The van der Waals surface area contributed by atoms with Crippen molar-refractivity contribution in [1.82, 2.24) is 4.90 Å². The van der Waals surface area contributed by atoms with Gasteiger partial charge in [-0.2, -0.15) is 13.2 Å². The molecule has 0 saturated heterocycles. The van der Waals surface area contributed by atoms with Crippen LogP contribution >= 0.6 is 0 Å². The molecule has 4 rings (SSSR count). The van der Waals surface area contributed by atoms with Crippen molar-refractivity contribution in [3.63, 3.8) is 0 Å². The van der Waals surface area contributed by atoms with E-state index in [1.807, 2.05) is 35.2 Å². The highest BCUT2D eigenvalue weighted by Gasteiger charge is 2.49. The molecule has 2 atom stereocenters. The van der Waals surface area contributed by atoms with E-state index in [1.165, 1.54) is 18.1 Å². The van der Waals surface area contributed by atoms with Crippen molar-refractivity contribution in [3.05, 3.63) is 65.2 Å². The highest BCUT2D eigenvalue weighted by molar-refractivity contribution is 5.70. The van der Waals surface area contributed by atoms with Crippen LogP contribution in [0.2, 0.25) is 0 Å². The van der Waals surface area contributed by atoms with E-state index >= 15 is 0 Å². The predicted molar refractivity (Wildman–Crippen MR) is 123 cm³/mol. The van der Waals surface area contributed by atoms with Crippen molar-refractivity contribution >= 4 is 18.3 Å². The fourth-order valence-electron chi connectivity index (χ4n) is 5.10. The molecule has 0 spiro atoms. The Morgan fingerprint density at radius 2 is 1.83 bits per heavy atom. The maximum Gasteiger partial charge on any atom is 0.416 e. The summed E-state index contributed by atoms with van der Waals surface area (Å²) in [6.07, 6.45) is -2.88. The lowest BCUT2D eigenvalue weighted by Gasteiger charge is -2.51. The minimum atomic E-state index is -4.55. The largest absolute Gasteiger partial charge is 0.453 e. The first-order valence-electron chi connectivity index (χ1n) is 11.6. The van der Waals surface area contributed by atoms with Crippen LogP contribution in [0.4, 0.5) is 23.7 Å². The number of benzene rings is 2. The minimum absolute atomic E-state index is 0.137. The maximum absolute atomic E-state index is 13.7. The van der Waals surface area contributed by atoms with Crippen LogP contribution in [0.3, 0.4) is 0 Å². The van der Waals surface area contributed by atoms with Gasteiger partial charge in [0, 0.05) is 18.3 Å². The monoisotopic (exact) mass is 490 g/mol. The second-order valence-corrected chi connectivity index (χ2v) is 9.54. The zero-order chi connectivity index (χ0) is 25.4. The number of carbonyl (C=O) groups is 2. The number of fused-ring (bicyclic) bond motifs is 1. The molecule has 0 N–H and O–H groups in total. The van der Waals surface area contributed by atoms with Crippen LogP contribution in [-0.2, 0) is 27.0 Å². The van der Waals surface area contributed by atoms with Crippen LogP contribution in [0.15, 0.2) is 48.5 Å². The summed E-state index contributed by atoms with van der Waals surface area (Å²) >= 11 is 0. The summed E-state index contributed by atoms with van der Waals surface area (Å²) < 4.78 is 51.7. The number of methoxy groups -OCH3 is 1. The molecule has 2 aromatic rings. The summed E-state index contributed by atoms with van der Waals surface area (Å²) in [5, 5.41) is 0. The van der Waals surface area contributed by atoms with E-state index in [1.54, 1.807) is 13.8 Å². The summed E-state index contributed by atoms with van der Waals surface area (Å²) in [5.74, 6) is 0.277. The molecule has 2 unspecified atom stereocenters. The third kappa shape index (κ3) is 5.09. The fourth-order valence-corrected chi connectivity index (χ4v) is 5.10. The molecule has 2 aliphatic rings. The Bertz CT molecular complexity index is 1070. The topological polar surface area (TPSA) is 59.1 Å². The number of amides is 1. The molecule has 2 aromatic carbocycles. The van der Waals surface area contributed by atoms with Crippen molar-refractivity contribution in [1.29, 1.82) is 0 Å². The van der Waals surface area contributed by atoms with Gasteiger partial charge in [-0.3, -0.25) is 9.69 Å². The van der Waals surface area contributed by atoms with Gasteiger partial charge in [0.25, 0.3) is 6.47 Å². The SMILES string of the molecule is COC(=O)N(Cc1ccccc1)C1CC(C2CC2)N(C(C)(C)OC=O)c2ccc(C(F)(F)F)cc21. The normalized spacial score (nSPS) is 20.1. The third-order valence-electron chi connectivity index (χ3n) is 6.83. The molecule has 9 heteroatoms. The van der Waals surface area contributed by atoms with Crippen molar-refractivity contribution < 1.29 is 32.2 Å². The van der Waals surface area contributed by atoms with Gasteiger partial charge in [0.15, 0.2) is 5.72 Å². The molecule has 1 aliphatic heterocycles. The quantitative estimate of drug-likeness (QED) is 0.452. The number of rotatable bonds is 7. The van der Waals surface area contributed by atoms with Crippen molar-refractivity contribution in [2.75, 3.05) is 12.0 Å². The van der Waals surface area contributed by atoms with Crippen LogP contribution in [0, 0.1) is 5.92 Å². The molecule has 0 bridgehead atoms. The number of carbonyl (C=O) groups excluding carboxylic acids is 2. The van der Waals surface area contributed by atoms with E-state index in [0.29, 0.717) is 24.1 Å². The molecule has 6 nitrogen and oxygen atoms in total. The van der Waals surface area contributed by atoms with Gasteiger partial charge in [-0.25, -0.2) is 4.79 Å². The lowest BCUT2D eigenvalue weighted by molar-refractivity contribution is -0.141. The molecule has 1 saturated carbocycles. The second-order valence-electron chi connectivity index (χ2n) is 9.54. The van der Waals surface area contributed by atoms with Crippen LogP contribution in [0.5, 0.6) is 0 Å². The highest BCUT2D eigenvalue weighted by atomic mass is 19.4. The smallest absolute Gasteiger partial charge is 0.416 e. The van der Waals surface area contributed by atoms with E-state index < -0.39 is 29.6 Å². The number of nitrogens with zero attached hydrogens (tertiary/aromatic N) is 2. The lowest BCUT2D eigenvalue weighted by atomic mass is 9.85. The number of hydrogen-bond acceptors (Lipinski definition) is 5. The van der Waals surface area contributed by atoms with Gasteiger partial charge in [0.05, 0.1) is 18.7 Å². The van der Waals surface area contributed by atoms with Crippen LogP contribution in [-0.4, -0.2) is 36.3 Å². The van der Waals surface area contributed by atoms with E-state index in [0.717, 1.165) is 30.5 Å². The predicted octanol–water partition coefficient (Wildman–Crippen LogP) is 5.91. The summed E-state index contributed by atoms with van der Waals surface area (Å²) in [6, 6.07) is 12.0. The first-order chi connectivity index (χ1) is 16.6. The van der Waals surface area contributed by atoms with Gasteiger partial charge >= 0.3 is 12.3 Å². The van der Waals surface area contributed by atoms with Crippen LogP contribution in [0.1, 0.15) is 55.8 Å². The van der Waals surface area contributed by atoms with Crippen molar-refractivity contribution in [3.8, 4) is 0 Å². The third-order valence-corrected chi connectivity index (χ3v) is 6.83. The van der Waals surface area contributed by atoms with Crippen molar-refractivity contribution in [2.24, 2.45) is 5.92 Å². The first-order valence-corrected chi connectivity index (χ1v) is 11.6. The Labute approximate surface area is 202 Å². The number of anilines is 1. The Kier molecular flexibility index (Phi) is 6.71. The average Bonchev–Trinajstić information content (AvgIpc) is 3.66. The molecule has 188 valence electrons. The van der Waals surface area contributed by atoms with Gasteiger partial charge in [0.2, 0.25) is 0 Å². The van der Waals surface area contributed by atoms with Gasteiger partial charge in [0.1, 0.15) is 0 Å². The molecule has 0 radical (unpaired) electrons. The maximum atomic E-state index is 13.7. The molecule has 1 amide bonds. The molecule has 0 aromatic heterocycles. The Hall–Kier alpha value is -3.23. The zero-order valence-corrected chi connectivity index (χ0v) is 19.9. The van der Waals surface area contributed by atoms with E-state index in [2.05, 4.69) is 0 Å². The van der Waals surface area contributed by atoms with Gasteiger partial charge in [-0.05, 0) is 68.4 Å². The molecule has 1 fully saturated rings. The molecule has 1 heterocycles. The Balaban J connectivity index is 1.87. The van der Waals surface area contributed by atoms with Gasteiger partial charge in [-0.1, -0.05) is 30.3 Å². The van der Waals surface area contributed by atoms with Crippen molar-refractivity contribution in [2.45, 2.75) is 63.6 Å². The molecule has 1 aliphatic carbocycles. The zero-order valence-electron chi connectivity index (χ0n) is 19.9. The Morgan fingerprint density at radius 1 is 1.14 bits per heavy atom. The summed E-state index contributed by atoms with van der Waals surface area (Å²) in [4.78, 5) is 27.7. The van der Waals surface area contributed by atoms with Gasteiger partial charge in [-0.15, -0.1) is 0 Å². The highest BCUT2D eigenvalue weighted by Crippen LogP contribution is 2.51. The lowest BCUT2D eigenvalue weighted by Crippen LogP contribution is -2.57. The Morgan fingerprint density at radius 3 is 2.40 bits per heavy atom. The summed E-state index contributed by atoms with van der Waals surface area (Å²) in [5.41, 5.74) is -0.198. The number of hydrogen-bond donors (Lipinski definition) is 0. The number of alkyl halides is 3. The molecule has 35 heavy (non-hydrogen) atoms. The van der Waals surface area contributed by atoms with Gasteiger partial charge < -0.3 is 14.4 Å². The first kappa shape index (κ1) is 24.9. The summed E-state index contributed by atoms with van der Waals surface area (Å²) in [6.45, 7) is 3.98. The number of halogens is 3. The van der Waals surface area contributed by atoms with Crippen LogP contribution < -0.4 is 4.90 Å². The standard InChI is InChI=1S/C26H29F3N2O4/c1-25(2,35-16-32)31-21-12-11-19(26(27,28)29)13-20(21)23(14-22(31)18-9-10-18)30(24(33)34-3)15-17-7-5-4-6-8-17/h4-8,11-13,16,18,22-23H,9-10,14-15H2,1-3H3. The van der Waals surface area contributed by atoms with E-state index in [4.69, 9.17) is 9.47 Å². The van der Waals surface area contributed by atoms with E-state index in [-0.39, 0.29) is 18.5 Å². The second kappa shape index (κ2) is 9.43. The fraction of sp³-hybridized carbons (Fsp3) is 0.462. The average molecular weight is 491 g/mol.